The Balaban J connectivity index is 1.40. The van der Waals surface area contributed by atoms with Gasteiger partial charge in [-0.2, -0.15) is 0 Å². The number of fused-ring (bicyclic) bond motifs is 1. The van der Waals surface area contributed by atoms with Crippen LogP contribution in [0.15, 0.2) is 86.6 Å². The van der Waals surface area contributed by atoms with Gasteiger partial charge in [0.05, 0.1) is 16.9 Å². The quantitative estimate of drug-likeness (QED) is 0.164. The second-order valence-electron chi connectivity index (χ2n) is 6.77. The molecule has 3 aromatic carbocycles. The normalized spacial score (nSPS) is 11.6. The maximum Gasteiger partial charge on any atom is 0.227 e. The minimum Gasteiger partial charge on any atom is -0.455 e. The van der Waals surface area contributed by atoms with Gasteiger partial charge in [-0.15, -0.1) is 0 Å². The Bertz CT molecular complexity index is 1440. The molecule has 0 amide bonds. The molecule has 0 saturated heterocycles. The number of nitrogens with zero attached hydrogens (tertiary/aromatic N) is 2. The lowest BCUT2D eigenvalue weighted by Crippen LogP contribution is -1.78. The number of hydrogen-bond acceptors (Lipinski definition) is 4. The van der Waals surface area contributed by atoms with Crippen molar-refractivity contribution in [3.05, 3.63) is 92.2 Å². The Kier molecular flexibility index (Phi) is 5.56. The number of aromatic nitrogens is 1. The van der Waals surface area contributed by atoms with Crippen molar-refractivity contribution in [1.82, 2.24) is 4.98 Å². The summed E-state index contributed by atoms with van der Waals surface area (Å²) in [5.74, 6) is 1.85. The third kappa shape index (κ3) is 4.39. The van der Waals surface area contributed by atoms with Crippen LogP contribution in [0.2, 0.25) is 10.0 Å². The van der Waals surface area contributed by atoms with Crippen LogP contribution in [0.3, 0.4) is 0 Å². The van der Waals surface area contributed by atoms with Crippen molar-refractivity contribution in [3.63, 3.8) is 0 Å². The van der Waals surface area contributed by atoms with E-state index in [0.29, 0.717) is 33.0 Å². The van der Waals surface area contributed by atoms with Crippen LogP contribution in [0.1, 0.15) is 5.76 Å². The topological polar surface area (TPSA) is 51.5 Å². The summed E-state index contributed by atoms with van der Waals surface area (Å²) in [6, 6.07) is 22.6. The van der Waals surface area contributed by atoms with Gasteiger partial charge in [-0.05, 0) is 89.3 Å². The molecule has 5 aromatic rings. The van der Waals surface area contributed by atoms with E-state index in [1.807, 2.05) is 60.7 Å². The van der Waals surface area contributed by atoms with Gasteiger partial charge in [-0.3, -0.25) is 4.99 Å². The molecule has 31 heavy (non-hydrogen) atoms. The average Bonchev–Trinajstić information content (AvgIpc) is 3.39. The van der Waals surface area contributed by atoms with E-state index in [2.05, 4.69) is 32.6 Å². The largest absolute Gasteiger partial charge is 0.455 e. The monoisotopic (exact) mass is 558 g/mol. The molecular formula is C24H13Cl2IN2O2. The smallest absolute Gasteiger partial charge is 0.227 e. The van der Waals surface area contributed by atoms with Crippen LogP contribution >= 0.6 is 45.8 Å². The molecule has 4 nitrogen and oxygen atoms in total. The van der Waals surface area contributed by atoms with E-state index in [0.717, 1.165) is 25.9 Å². The SMILES string of the molecule is Clc1ccc(-c2ccc(C=Nc3ccc4oc(-c5cccc(I)c5)nc4c3)o2)c(Cl)c1. The molecule has 0 atom stereocenters. The van der Waals surface area contributed by atoms with Crippen molar-refractivity contribution in [2.24, 2.45) is 4.99 Å². The molecule has 0 radical (unpaired) electrons. The Morgan fingerprint density at radius 1 is 0.903 bits per heavy atom. The zero-order valence-electron chi connectivity index (χ0n) is 15.9. The first kappa shape index (κ1) is 20.3. The van der Waals surface area contributed by atoms with E-state index in [1.165, 1.54) is 0 Å². The van der Waals surface area contributed by atoms with Crippen LogP contribution in [-0.4, -0.2) is 11.2 Å². The highest BCUT2D eigenvalue weighted by atomic mass is 127. The summed E-state index contributed by atoms with van der Waals surface area (Å²) < 4.78 is 12.9. The molecule has 0 unspecified atom stereocenters. The summed E-state index contributed by atoms with van der Waals surface area (Å²) in [6.45, 7) is 0. The van der Waals surface area contributed by atoms with E-state index >= 15 is 0 Å². The number of rotatable bonds is 4. The fraction of sp³-hybridized carbons (Fsp3) is 0. The maximum atomic E-state index is 6.26. The third-order valence-corrected chi connectivity index (χ3v) is 5.83. The summed E-state index contributed by atoms with van der Waals surface area (Å²) in [7, 11) is 0. The Morgan fingerprint density at radius 3 is 2.65 bits per heavy atom. The van der Waals surface area contributed by atoms with Gasteiger partial charge in [0.15, 0.2) is 5.58 Å². The molecular weight excluding hydrogens is 546 g/mol. The Labute approximate surface area is 201 Å². The summed E-state index contributed by atoms with van der Waals surface area (Å²) >= 11 is 14.5. The molecule has 5 rings (SSSR count). The molecule has 0 fully saturated rings. The molecule has 0 spiro atoms. The van der Waals surface area contributed by atoms with Crippen molar-refractivity contribution in [2.45, 2.75) is 0 Å². The summed E-state index contributed by atoms with van der Waals surface area (Å²) in [6.07, 6.45) is 1.66. The number of aliphatic imine (C=N–C) groups is 1. The summed E-state index contributed by atoms with van der Waals surface area (Å²) in [5, 5.41) is 1.11. The van der Waals surface area contributed by atoms with Gasteiger partial charge in [0.1, 0.15) is 17.0 Å². The minimum absolute atomic E-state index is 0.533. The molecule has 2 aromatic heterocycles. The third-order valence-electron chi connectivity index (χ3n) is 4.61. The second-order valence-corrected chi connectivity index (χ2v) is 8.86. The van der Waals surface area contributed by atoms with Crippen molar-refractivity contribution in [1.29, 1.82) is 0 Å². The fourth-order valence-electron chi connectivity index (χ4n) is 3.14. The van der Waals surface area contributed by atoms with Gasteiger partial charge < -0.3 is 8.83 Å². The van der Waals surface area contributed by atoms with E-state index in [4.69, 9.17) is 32.0 Å². The molecule has 7 heteroatoms. The van der Waals surface area contributed by atoms with Gasteiger partial charge in [0.25, 0.3) is 0 Å². The standard InChI is InChI=1S/C24H13Cl2IN2O2/c25-15-4-7-19(20(26)11-15)22-9-6-18(30-22)13-28-17-5-8-23-21(12-17)29-24(31-23)14-2-1-3-16(27)10-14/h1-13H. The number of oxazole rings is 1. The minimum atomic E-state index is 0.533. The molecule has 0 aliphatic heterocycles. The Hall–Kier alpha value is -2.61. The first-order valence-electron chi connectivity index (χ1n) is 9.31. The van der Waals surface area contributed by atoms with Crippen LogP contribution in [0.4, 0.5) is 5.69 Å². The Morgan fingerprint density at radius 2 is 1.81 bits per heavy atom. The van der Waals surface area contributed by atoms with Gasteiger partial charge in [-0.1, -0.05) is 29.3 Å². The van der Waals surface area contributed by atoms with Gasteiger partial charge in [0, 0.05) is 19.7 Å². The van der Waals surface area contributed by atoms with Crippen molar-refractivity contribution in [2.75, 3.05) is 0 Å². The van der Waals surface area contributed by atoms with Crippen molar-refractivity contribution in [3.8, 4) is 22.8 Å². The predicted octanol–water partition coefficient (Wildman–Crippen LogP) is 8.42. The zero-order valence-corrected chi connectivity index (χ0v) is 19.5. The van der Waals surface area contributed by atoms with Crippen LogP contribution in [0.25, 0.3) is 33.9 Å². The number of halogens is 3. The first-order chi connectivity index (χ1) is 15.0. The van der Waals surface area contributed by atoms with E-state index in [-0.39, 0.29) is 0 Å². The summed E-state index contributed by atoms with van der Waals surface area (Å²) in [4.78, 5) is 9.12. The first-order valence-corrected chi connectivity index (χ1v) is 11.1. The molecule has 0 bridgehead atoms. The van der Waals surface area contributed by atoms with Gasteiger partial charge in [0.2, 0.25) is 5.89 Å². The predicted molar refractivity (Wildman–Crippen MR) is 134 cm³/mol. The highest BCUT2D eigenvalue weighted by Gasteiger charge is 2.10. The van der Waals surface area contributed by atoms with E-state index < -0.39 is 0 Å². The van der Waals surface area contributed by atoms with Crippen LogP contribution < -0.4 is 0 Å². The van der Waals surface area contributed by atoms with Crippen LogP contribution in [0.5, 0.6) is 0 Å². The lowest BCUT2D eigenvalue weighted by atomic mass is 10.2. The van der Waals surface area contributed by atoms with Gasteiger partial charge in [-0.25, -0.2) is 4.98 Å². The molecule has 152 valence electrons. The number of hydrogen-bond donors (Lipinski definition) is 0. The van der Waals surface area contributed by atoms with E-state index in [9.17, 15) is 0 Å². The van der Waals surface area contributed by atoms with Crippen molar-refractivity contribution < 1.29 is 8.83 Å². The lowest BCUT2D eigenvalue weighted by molar-refractivity contribution is 0.575. The fourth-order valence-corrected chi connectivity index (χ4v) is 4.18. The van der Waals surface area contributed by atoms with Crippen LogP contribution in [-0.2, 0) is 0 Å². The number of benzene rings is 3. The maximum absolute atomic E-state index is 6.26. The van der Waals surface area contributed by atoms with Gasteiger partial charge >= 0.3 is 0 Å². The zero-order chi connectivity index (χ0) is 21.4. The molecule has 0 aliphatic rings. The van der Waals surface area contributed by atoms with E-state index in [1.54, 1.807) is 18.3 Å². The number of furan rings is 1. The summed E-state index contributed by atoms with van der Waals surface area (Å²) in [5.41, 5.74) is 3.93. The highest BCUT2D eigenvalue weighted by molar-refractivity contribution is 14.1. The lowest BCUT2D eigenvalue weighted by Gasteiger charge is -2.00. The molecule has 0 saturated carbocycles. The van der Waals surface area contributed by atoms with Crippen molar-refractivity contribution >= 4 is 68.8 Å². The molecule has 0 N–H and O–H groups in total. The molecule has 2 heterocycles. The average molecular weight is 559 g/mol. The molecule has 0 aliphatic carbocycles. The second kappa shape index (κ2) is 8.49. The highest BCUT2D eigenvalue weighted by Crippen LogP contribution is 2.32. The van der Waals surface area contributed by atoms with Crippen LogP contribution in [0, 0.1) is 3.57 Å².